The number of carbonyl (C=O) groups excluding carboxylic acids is 1. The van der Waals surface area contributed by atoms with E-state index in [-0.39, 0.29) is 26.4 Å². The third-order valence-corrected chi connectivity index (χ3v) is 5.40. The van der Waals surface area contributed by atoms with Gasteiger partial charge in [0.05, 0.1) is 6.61 Å². The van der Waals surface area contributed by atoms with Crippen LogP contribution in [0.4, 0.5) is 11.6 Å². The van der Waals surface area contributed by atoms with Crippen molar-refractivity contribution in [3.8, 4) is 11.5 Å². The van der Waals surface area contributed by atoms with Crippen molar-refractivity contribution in [3.05, 3.63) is 114 Å². The first-order valence-corrected chi connectivity index (χ1v) is 12.5. The Labute approximate surface area is 227 Å². The summed E-state index contributed by atoms with van der Waals surface area (Å²) in [4.78, 5) is 25.3. The van der Waals surface area contributed by atoms with Crippen molar-refractivity contribution < 1.29 is 24.1 Å². The number of ether oxygens (including phenoxy) is 3. The van der Waals surface area contributed by atoms with Gasteiger partial charge in [0.1, 0.15) is 43.0 Å². The fourth-order valence-electron chi connectivity index (χ4n) is 3.71. The Morgan fingerprint density at radius 2 is 1.41 bits per heavy atom. The number of aliphatic hydroxyl groups is 1. The minimum absolute atomic E-state index is 0.0510. The lowest BCUT2D eigenvalue weighted by Crippen LogP contribution is -2.10. The summed E-state index contributed by atoms with van der Waals surface area (Å²) in [5, 5.41) is 12.3. The first-order valence-electron chi connectivity index (χ1n) is 12.5. The smallest absolute Gasteiger partial charge is 0.330 e. The highest BCUT2D eigenvalue weighted by Crippen LogP contribution is 2.20. The number of aliphatic hydroxyl groups excluding tert-OH is 1. The molecule has 4 rings (SSSR count). The van der Waals surface area contributed by atoms with Crippen molar-refractivity contribution >= 4 is 17.6 Å². The van der Waals surface area contributed by atoms with Gasteiger partial charge < -0.3 is 24.6 Å². The van der Waals surface area contributed by atoms with E-state index in [1.807, 2.05) is 78.9 Å². The van der Waals surface area contributed by atoms with Gasteiger partial charge in [-0.05, 0) is 47.5 Å². The Balaban J connectivity index is 1.52. The lowest BCUT2D eigenvalue weighted by Gasteiger charge is -2.11. The number of nitrogens with zero attached hydrogens (tertiary/aromatic N) is 3. The van der Waals surface area contributed by atoms with E-state index in [1.54, 1.807) is 0 Å². The van der Waals surface area contributed by atoms with Gasteiger partial charge in [0, 0.05) is 24.6 Å². The zero-order valence-corrected chi connectivity index (χ0v) is 21.5. The first kappa shape index (κ1) is 27.3. The van der Waals surface area contributed by atoms with Gasteiger partial charge in [0.15, 0.2) is 0 Å². The van der Waals surface area contributed by atoms with Gasteiger partial charge in [0.2, 0.25) is 5.95 Å². The fourth-order valence-corrected chi connectivity index (χ4v) is 3.71. The Morgan fingerprint density at radius 3 is 2.00 bits per heavy atom. The lowest BCUT2D eigenvalue weighted by molar-refractivity contribution is -0.138. The number of benzene rings is 3. The molecule has 1 aromatic heterocycles. The number of para-hydroxylation sites is 1. The lowest BCUT2D eigenvalue weighted by atomic mass is 10.1. The predicted molar refractivity (Wildman–Crippen MR) is 147 cm³/mol. The van der Waals surface area contributed by atoms with Gasteiger partial charge in [-0.15, -0.1) is 0 Å². The number of aromatic nitrogens is 3. The van der Waals surface area contributed by atoms with Crippen molar-refractivity contribution in [2.24, 2.45) is 0 Å². The molecule has 2 N–H and O–H groups in total. The quantitative estimate of drug-likeness (QED) is 0.141. The van der Waals surface area contributed by atoms with Crippen LogP contribution in [0.15, 0.2) is 91.5 Å². The molecule has 0 atom stereocenters. The summed E-state index contributed by atoms with van der Waals surface area (Å²) < 4.78 is 16.2. The monoisotopic (exact) mass is 526 g/mol. The molecule has 9 heteroatoms. The highest BCUT2D eigenvalue weighted by molar-refractivity contribution is 5.81. The molecule has 1 heterocycles. The average molecular weight is 527 g/mol. The Bertz CT molecular complexity index is 1380. The van der Waals surface area contributed by atoms with E-state index in [0.717, 1.165) is 22.9 Å². The molecule has 0 spiro atoms. The number of anilines is 2. The Kier molecular flexibility index (Phi) is 9.97. The van der Waals surface area contributed by atoms with Gasteiger partial charge >= 0.3 is 5.97 Å². The van der Waals surface area contributed by atoms with Crippen LogP contribution in [-0.2, 0) is 22.4 Å². The molecular weight excluding hydrogens is 496 g/mol. The SMILES string of the molecule is C=CC(=O)OCCOc1cccc(Cc2nc(Cc3cccc(OCCO)c3)nc(Nc3ccccc3)n2)c1. The van der Waals surface area contributed by atoms with E-state index in [4.69, 9.17) is 24.3 Å². The molecule has 4 aromatic rings. The van der Waals surface area contributed by atoms with E-state index in [2.05, 4.69) is 21.9 Å². The van der Waals surface area contributed by atoms with Crippen LogP contribution >= 0.6 is 0 Å². The van der Waals surface area contributed by atoms with Gasteiger partial charge in [-0.3, -0.25) is 0 Å². The van der Waals surface area contributed by atoms with E-state index >= 15 is 0 Å². The van der Waals surface area contributed by atoms with Crippen molar-refractivity contribution in [1.82, 2.24) is 15.0 Å². The molecule has 0 bridgehead atoms. The van der Waals surface area contributed by atoms with Crippen LogP contribution < -0.4 is 14.8 Å². The van der Waals surface area contributed by atoms with Crippen LogP contribution in [0.3, 0.4) is 0 Å². The molecule has 0 unspecified atom stereocenters. The maximum Gasteiger partial charge on any atom is 0.330 e. The van der Waals surface area contributed by atoms with Crippen molar-refractivity contribution in [3.63, 3.8) is 0 Å². The van der Waals surface area contributed by atoms with E-state index < -0.39 is 5.97 Å². The molecular formula is C30H30N4O5. The number of hydrogen-bond acceptors (Lipinski definition) is 9. The second-order valence-corrected chi connectivity index (χ2v) is 8.42. The minimum Gasteiger partial charge on any atom is -0.491 e. The molecule has 0 radical (unpaired) electrons. The molecule has 0 saturated heterocycles. The molecule has 0 amide bonds. The molecule has 39 heavy (non-hydrogen) atoms. The molecule has 3 aromatic carbocycles. The second-order valence-electron chi connectivity index (χ2n) is 8.42. The second kappa shape index (κ2) is 14.3. The number of esters is 1. The molecule has 0 aliphatic heterocycles. The highest BCUT2D eigenvalue weighted by Gasteiger charge is 2.11. The summed E-state index contributed by atoms with van der Waals surface area (Å²) in [6.45, 7) is 3.91. The standard InChI is InChI=1S/C30H30N4O5/c1-2-29(36)39-17-16-38-26-13-7-9-23(19-26)21-28-32-27(20-22-8-6-12-25(18-22)37-15-14-35)33-30(34-28)31-24-10-4-3-5-11-24/h2-13,18-19,35H,1,14-17,20-21H2,(H,31,32,33,34). The zero-order valence-electron chi connectivity index (χ0n) is 21.5. The highest BCUT2D eigenvalue weighted by atomic mass is 16.6. The maximum absolute atomic E-state index is 11.2. The zero-order chi connectivity index (χ0) is 27.3. The van der Waals surface area contributed by atoms with Crippen LogP contribution in [0, 0.1) is 0 Å². The van der Waals surface area contributed by atoms with Crippen molar-refractivity contribution in [2.45, 2.75) is 12.8 Å². The van der Waals surface area contributed by atoms with E-state index in [9.17, 15) is 4.79 Å². The summed E-state index contributed by atoms with van der Waals surface area (Å²) in [7, 11) is 0. The molecule has 0 aliphatic rings. The first-order chi connectivity index (χ1) is 19.1. The molecule has 0 fully saturated rings. The van der Waals surface area contributed by atoms with Gasteiger partial charge in [-0.2, -0.15) is 9.97 Å². The fraction of sp³-hybridized carbons (Fsp3) is 0.200. The summed E-state index contributed by atoms with van der Waals surface area (Å²) >= 11 is 0. The van der Waals surface area contributed by atoms with Crippen LogP contribution in [-0.4, -0.2) is 52.5 Å². The molecule has 9 nitrogen and oxygen atoms in total. The van der Waals surface area contributed by atoms with Crippen LogP contribution in [0.2, 0.25) is 0 Å². The summed E-state index contributed by atoms with van der Waals surface area (Å²) in [6, 6.07) is 25.0. The number of nitrogens with one attached hydrogen (secondary N) is 1. The number of hydrogen-bond donors (Lipinski definition) is 2. The van der Waals surface area contributed by atoms with Gasteiger partial charge in [0.25, 0.3) is 0 Å². The largest absolute Gasteiger partial charge is 0.491 e. The minimum atomic E-state index is -0.484. The molecule has 200 valence electrons. The Morgan fingerprint density at radius 1 is 0.795 bits per heavy atom. The number of carbonyl (C=O) groups is 1. The topological polar surface area (TPSA) is 116 Å². The predicted octanol–water partition coefficient (Wildman–Crippen LogP) is 4.28. The summed E-state index contributed by atoms with van der Waals surface area (Å²) in [5.74, 6) is 2.50. The van der Waals surface area contributed by atoms with Crippen LogP contribution in [0.25, 0.3) is 0 Å². The average Bonchev–Trinajstić information content (AvgIpc) is 2.95. The van der Waals surface area contributed by atoms with Crippen molar-refractivity contribution in [2.75, 3.05) is 31.7 Å². The molecule has 0 aliphatic carbocycles. The third-order valence-electron chi connectivity index (χ3n) is 5.40. The van der Waals surface area contributed by atoms with Crippen molar-refractivity contribution in [1.29, 1.82) is 0 Å². The summed E-state index contributed by atoms with van der Waals surface area (Å²) in [5.41, 5.74) is 2.80. The summed E-state index contributed by atoms with van der Waals surface area (Å²) in [6.07, 6.45) is 2.05. The number of rotatable bonds is 14. The van der Waals surface area contributed by atoms with Crippen LogP contribution in [0.5, 0.6) is 11.5 Å². The van der Waals surface area contributed by atoms with Gasteiger partial charge in [-0.1, -0.05) is 49.0 Å². The Hall–Kier alpha value is -4.76. The normalized spacial score (nSPS) is 10.5. The van der Waals surface area contributed by atoms with Gasteiger partial charge in [-0.25, -0.2) is 9.78 Å². The third kappa shape index (κ3) is 8.94. The molecule has 0 saturated carbocycles. The maximum atomic E-state index is 11.2. The van der Waals surface area contributed by atoms with E-state index in [0.29, 0.717) is 41.9 Å². The van der Waals surface area contributed by atoms with E-state index in [1.165, 1.54) is 0 Å². The van der Waals surface area contributed by atoms with Crippen LogP contribution in [0.1, 0.15) is 22.8 Å².